The lowest BCUT2D eigenvalue weighted by Gasteiger charge is -2.24. The fraction of sp³-hybridized carbons (Fsp3) is 0.312. The van der Waals surface area contributed by atoms with Gasteiger partial charge in [0.2, 0.25) is 0 Å². The minimum absolute atomic E-state index is 0.110. The van der Waals surface area contributed by atoms with Crippen LogP contribution in [0.4, 0.5) is 5.82 Å². The van der Waals surface area contributed by atoms with Crippen molar-refractivity contribution in [1.82, 2.24) is 4.98 Å². The third-order valence-electron chi connectivity index (χ3n) is 3.25. The van der Waals surface area contributed by atoms with Crippen LogP contribution in [0.2, 0.25) is 0 Å². The van der Waals surface area contributed by atoms with E-state index >= 15 is 0 Å². The summed E-state index contributed by atoms with van der Waals surface area (Å²) in [7, 11) is 0. The van der Waals surface area contributed by atoms with Gasteiger partial charge >= 0.3 is 0 Å². The van der Waals surface area contributed by atoms with Crippen molar-refractivity contribution in [1.29, 1.82) is 0 Å². The molecule has 0 saturated heterocycles. The molecule has 2 aromatic rings. The average Bonchev–Trinajstić information content (AvgIpc) is 2.41. The zero-order chi connectivity index (χ0) is 14.5. The van der Waals surface area contributed by atoms with Crippen LogP contribution in [0.25, 0.3) is 0 Å². The van der Waals surface area contributed by atoms with Gasteiger partial charge in [0.15, 0.2) is 0 Å². The molecule has 2 rings (SSSR count). The van der Waals surface area contributed by atoms with Crippen LogP contribution in [0.1, 0.15) is 16.7 Å². The van der Waals surface area contributed by atoms with E-state index in [2.05, 4.69) is 57.9 Å². The van der Waals surface area contributed by atoms with E-state index in [-0.39, 0.29) is 6.61 Å². The van der Waals surface area contributed by atoms with Crippen molar-refractivity contribution in [3.63, 3.8) is 0 Å². The average molecular weight is 335 g/mol. The molecule has 3 nitrogen and oxygen atoms in total. The van der Waals surface area contributed by atoms with E-state index in [0.717, 1.165) is 17.0 Å². The van der Waals surface area contributed by atoms with Crippen LogP contribution in [0.3, 0.4) is 0 Å². The molecule has 0 fully saturated rings. The fourth-order valence-electron chi connectivity index (χ4n) is 2.20. The van der Waals surface area contributed by atoms with E-state index in [1.165, 1.54) is 16.7 Å². The quantitative estimate of drug-likeness (QED) is 0.850. The van der Waals surface area contributed by atoms with Crippen molar-refractivity contribution < 1.29 is 5.11 Å². The molecule has 106 valence electrons. The molecular weight excluding hydrogens is 316 g/mol. The largest absolute Gasteiger partial charge is 0.395 e. The fourth-order valence-corrected chi connectivity index (χ4v) is 2.53. The SMILES string of the molecule is Cc1ccc(CN(CCO)c2cccc(Br)n2)c(C)c1. The maximum absolute atomic E-state index is 9.28. The summed E-state index contributed by atoms with van der Waals surface area (Å²) >= 11 is 3.39. The highest BCUT2D eigenvalue weighted by Crippen LogP contribution is 2.19. The number of benzene rings is 1. The topological polar surface area (TPSA) is 36.4 Å². The first-order valence-electron chi connectivity index (χ1n) is 6.64. The number of aliphatic hydroxyl groups is 1. The molecule has 0 amide bonds. The van der Waals surface area contributed by atoms with E-state index in [1.807, 2.05) is 18.2 Å². The van der Waals surface area contributed by atoms with Crippen LogP contribution in [-0.2, 0) is 6.54 Å². The Morgan fingerprint density at radius 2 is 2.00 bits per heavy atom. The van der Waals surface area contributed by atoms with E-state index < -0.39 is 0 Å². The molecule has 1 N–H and O–H groups in total. The molecule has 0 spiro atoms. The Labute approximate surface area is 128 Å². The summed E-state index contributed by atoms with van der Waals surface area (Å²) < 4.78 is 0.804. The summed E-state index contributed by atoms with van der Waals surface area (Å²) in [6.45, 7) is 5.64. The molecule has 0 atom stereocenters. The predicted molar refractivity (Wildman–Crippen MR) is 86.0 cm³/mol. The molecule has 0 unspecified atom stereocenters. The van der Waals surface area contributed by atoms with Gasteiger partial charge in [-0.3, -0.25) is 0 Å². The van der Waals surface area contributed by atoms with Crippen molar-refractivity contribution in [3.05, 3.63) is 57.7 Å². The van der Waals surface area contributed by atoms with Gasteiger partial charge in [-0.25, -0.2) is 4.98 Å². The second-order valence-electron chi connectivity index (χ2n) is 4.89. The smallest absolute Gasteiger partial charge is 0.130 e. The lowest BCUT2D eigenvalue weighted by molar-refractivity contribution is 0.301. The minimum Gasteiger partial charge on any atom is -0.395 e. The molecule has 0 radical (unpaired) electrons. The lowest BCUT2D eigenvalue weighted by Crippen LogP contribution is -2.27. The van der Waals surface area contributed by atoms with Crippen LogP contribution in [-0.4, -0.2) is 23.2 Å². The Bertz CT molecular complexity index is 586. The standard InChI is InChI=1S/C16H19BrN2O/c1-12-6-7-14(13(2)10-12)11-19(8-9-20)16-5-3-4-15(17)18-16/h3-7,10,20H,8-9,11H2,1-2H3. The Morgan fingerprint density at radius 1 is 1.20 bits per heavy atom. The monoisotopic (exact) mass is 334 g/mol. The van der Waals surface area contributed by atoms with Crippen molar-refractivity contribution in [2.75, 3.05) is 18.1 Å². The zero-order valence-electron chi connectivity index (χ0n) is 11.8. The zero-order valence-corrected chi connectivity index (χ0v) is 13.4. The molecule has 1 aromatic heterocycles. The van der Waals surface area contributed by atoms with Crippen molar-refractivity contribution >= 4 is 21.7 Å². The summed E-state index contributed by atoms with van der Waals surface area (Å²) in [5, 5.41) is 9.28. The number of rotatable bonds is 5. The highest BCUT2D eigenvalue weighted by molar-refractivity contribution is 9.10. The van der Waals surface area contributed by atoms with Crippen molar-refractivity contribution in [3.8, 4) is 0 Å². The summed E-state index contributed by atoms with van der Waals surface area (Å²) in [5.41, 5.74) is 3.79. The first-order valence-corrected chi connectivity index (χ1v) is 7.44. The normalized spacial score (nSPS) is 10.6. The number of aliphatic hydroxyl groups excluding tert-OH is 1. The summed E-state index contributed by atoms with van der Waals surface area (Å²) in [6, 6.07) is 12.3. The van der Waals surface area contributed by atoms with E-state index in [4.69, 9.17) is 0 Å². The highest BCUT2D eigenvalue weighted by atomic mass is 79.9. The Morgan fingerprint density at radius 3 is 2.65 bits per heavy atom. The summed E-state index contributed by atoms with van der Waals surface area (Å²) in [6.07, 6.45) is 0. The van der Waals surface area contributed by atoms with Crippen LogP contribution in [0.15, 0.2) is 41.0 Å². The molecule has 20 heavy (non-hydrogen) atoms. The number of anilines is 1. The molecule has 1 aromatic carbocycles. The number of hydrogen-bond acceptors (Lipinski definition) is 3. The van der Waals surface area contributed by atoms with Gasteiger partial charge in [-0.2, -0.15) is 0 Å². The number of pyridine rings is 1. The number of nitrogens with zero attached hydrogens (tertiary/aromatic N) is 2. The third kappa shape index (κ3) is 3.81. The predicted octanol–water partition coefficient (Wildman–Crippen LogP) is 3.46. The van der Waals surface area contributed by atoms with Crippen LogP contribution < -0.4 is 4.90 Å². The van der Waals surface area contributed by atoms with Gasteiger partial charge in [0.05, 0.1) is 6.61 Å². The Balaban J connectivity index is 2.25. The summed E-state index contributed by atoms with van der Waals surface area (Å²) in [4.78, 5) is 6.55. The maximum Gasteiger partial charge on any atom is 0.130 e. The molecule has 1 heterocycles. The number of hydrogen-bond donors (Lipinski definition) is 1. The molecule has 4 heteroatoms. The van der Waals surface area contributed by atoms with Gasteiger partial charge in [0.1, 0.15) is 10.4 Å². The Hall–Kier alpha value is -1.39. The second-order valence-corrected chi connectivity index (χ2v) is 5.71. The van der Waals surface area contributed by atoms with Crippen LogP contribution in [0, 0.1) is 13.8 Å². The number of halogens is 1. The van der Waals surface area contributed by atoms with Gasteiger partial charge in [-0.1, -0.05) is 29.8 Å². The number of aryl methyl sites for hydroxylation is 2. The van der Waals surface area contributed by atoms with Gasteiger partial charge in [-0.15, -0.1) is 0 Å². The molecular formula is C16H19BrN2O. The first kappa shape index (κ1) is 15.0. The van der Waals surface area contributed by atoms with E-state index in [1.54, 1.807) is 0 Å². The summed E-state index contributed by atoms with van der Waals surface area (Å²) in [5.74, 6) is 0.869. The van der Waals surface area contributed by atoms with Crippen LogP contribution >= 0.6 is 15.9 Å². The first-order chi connectivity index (χ1) is 9.60. The van der Waals surface area contributed by atoms with Gasteiger partial charge in [0, 0.05) is 13.1 Å². The minimum atomic E-state index is 0.110. The van der Waals surface area contributed by atoms with Crippen molar-refractivity contribution in [2.24, 2.45) is 0 Å². The second kappa shape index (κ2) is 6.86. The van der Waals surface area contributed by atoms with E-state index in [9.17, 15) is 5.11 Å². The van der Waals surface area contributed by atoms with Gasteiger partial charge in [0.25, 0.3) is 0 Å². The Kier molecular flexibility index (Phi) is 5.15. The van der Waals surface area contributed by atoms with Crippen LogP contribution in [0.5, 0.6) is 0 Å². The number of aromatic nitrogens is 1. The molecule has 0 bridgehead atoms. The molecule has 0 aliphatic carbocycles. The maximum atomic E-state index is 9.28. The third-order valence-corrected chi connectivity index (χ3v) is 3.70. The van der Waals surface area contributed by atoms with Crippen molar-refractivity contribution in [2.45, 2.75) is 20.4 Å². The van der Waals surface area contributed by atoms with E-state index in [0.29, 0.717) is 6.54 Å². The molecule has 0 aliphatic rings. The van der Waals surface area contributed by atoms with Gasteiger partial charge < -0.3 is 10.0 Å². The molecule has 0 saturated carbocycles. The van der Waals surface area contributed by atoms with Gasteiger partial charge in [-0.05, 0) is 53.0 Å². The molecule has 0 aliphatic heterocycles. The highest BCUT2D eigenvalue weighted by Gasteiger charge is 2.10. The lowest BCUT2D eigenvalue weighted by atomic mass is 10.1.